The zero-order valence-corrected chi connectivity index (χ0v) is 18.5. The lowest BCUT2D eigenvalue weighted by molar-refractivity contribution is -0.169. The molecule has 0 aromatic heterocycles. The summed E-state index contributed by atoms with van der Waals surface area (Å²) in [5, 5.41) is 2.48. The van der Waals surface area contributed by atoms with E-state index in [0.29, 0.717) is 18.5 Å². The molecule has 10 heteroatoms. The van der Waals surface area contributed by atoms with Crippen molar-refractivity contribution in [2.24, 2.45) is 4.36 Å². The zero-order valence-electron chi connectivity index (χ0n) is 17.7. The SMILES string of the molecule is CCCCCCCS(=O)(=NC(=O)C(F)(F)F)c1ccc(NC(=O)OC(C)(C)C)cc1. The quantitative estimate of drug-likeness (QED) is 0.498. The van der Waals surface area contributed by atoms with E-state index in [0.717, 1.165) is 19.3 Å². The topological polar surface area (TPSA) is 84.8 Å². The van der Waals surface area contributed by atoms with Crippen LogP contribution in [0.15, 0.2) is 33.5 Å². The fourth-order valence-corrected chi connectivity index (χ4v) is 4.44. The third-order valence-corrected chi connectivity index (χ3v) is 6.18. The van der Waals surface area contributed by atoms with Crippen LogP contribution >= 0.6 is 0 Å². The number of alkyl halides is 3. The number of rotatable bonds is 8. The molecular formula is C20H29F3N2O4S. The Morgan fingerprint density at radius 1 is 1.03 bits per heavy atom. The molecule has 0 aliphatic heterocycles. The molecule has 1 unspecified atom stereocenters. The van der Waals surface area contributed by atoms with Crippen LogP contribution in [0.5, 0.6) is 0 Å². The van der Waals surface area contributed by atoms with Gasteiger partial charge in [0.05, 0.1) is 9.73 Å². The first-order valence-corrected chi connectivity index (χ1v) is 11.4. The van der Waals surface area contributed by atoms with Gasteiger partial charge in [0.15, 0.2) is 0 Å². The van der Waals surface area contributed by atoms with Gasteiger partial charge in [0.2, 0.25) is 0 Å². The molecule has 0 aliphatic carbocycles. The highest BCUT2D eigenvalue weighted by atomic mass is 32.2. The molecule has 170 valence electrons. The highest BCUT2D eigenvalue weighted by Gasteiger charge is 2.40. The summed E-state index contributed by atoms with van der Waals surface area (Å²) in [5.41, 5.74) is -0.396. The maximum atomic E-state index is 13.2. The predicted octanol–water partition coefficient (Wildman–Crippen LogP) is 5.92. The Labute approximate surface area is 175 Å². The average Bonchev–Trinajstić information content (AvgIpc) is 2.59. The Morgan fingerprint density at radius 3 is 2.10 bits per heavy atom. The molecular weight excluding hydrogens is 421 g/mol. The van der Waals surface area contributed by atoms with Crippen molar-refractivity contribution in [3.8, 4) is 0 Å². The number of anilines is 1. The van der Waals surface area contributed by atoms with Crippen molar-refractivity contribution in [2.75, 3.05) is 11.1 Å². The summed E-state index contributed by atoms with van der Waals surface area (Å²) < 4.78 is 59.5. The number of halogens is 3. The van der Waals surface area contributed by atoms with Crippen molar-refractivity contribution in [3.05, 3.63) is 24.3 Å². The largest absolute Gasteiger partial charge is 0.474 e. The number of ether oxygens (including phenoxy) is 1. The van der Waals surface area contributed by atoms with Gasteiger partial charge in [-0.25, -0.2) is 9.00 Å². The van der Waals surface area contributed by atoms with E-state index in [1.54, 1.807) is 20.8 Å². The van der Waals surface area contributed by atoms with Crippen LogP contribution in [0.3, 0.4) is 0 Å². The van der Waals surface area contributed by atoms with Crippen molar-refractivity contribution in [1.82, 2.24) is 0 Å². The van der Waals surface area contributed by atoms with Crippen LogP contribution in [0.25, 0.3) is 0 Å². The molecule has 0 aliphatic rings. The number of benzene rings is 1. The molecule has 1 N–H and O–H groups in total. The van der Waals surface area contributed by atoms with Gasteiger partial charge in [0.25, 0.3) is 0 Å². The molecule has 0 saturated carbocycles. The lowest BCUT2D eigenvalue weighted by Crippen LogP contribution is -2.27. The normalized spacial score (nSPS) is 14.0. The van der Waals surface area contributed by atoms with Crippen LogP contribution < -0.4 is 5.32 Å². The van der Waals surface area contributed by atoms with E-state index in [9.17, 15) is 27.0 Å². The molecule has 0 spiro atoms. The molecule has 0 bridgehead atoms. The number of hydrogen-bond donors (Lipinski definition) is 1. The molecule has 0 heterocycles. The molecule has 1 aromatic rings. The summed E-state index contributed by atoms with van der Waals surface area (Å²) in [7, 11) is -3.60. The third kappa shape index (κ3) is 9.15. The maximum absolute atomic E-state index is 13.2. The Morgan fingerprint density at radius 2 is 1.60 bits per heavy atom. The summed E-state index contributed by atoms with van der Waals surface area (Å²) in [6.45, 7) is 7.12. The monoisotopic (exact) mass is 450 g/mol. The van der Waals surface area contributed by atoms with Gasteiger partial charge < -0.3 is 4.74 Å². The van der Waals surface area contributed by atoms with E-state index >= 15 is 0 Å². The summed E-state index contributed by atoms with van der Waals surface area (Å²) in [6.07, 6.45) is -2.03. The number of nitrogens with one attached hydrogen (secondary N) is 1. The minimum absolute atomic E-state index is 0.00494. The van der Waals surface area contributed by atoms with Crippen LogP contribution in [-0.2, 0) is 19.3 Å². The first-order chi connectivity index (χ1) is 13.8. The standard InChI is InChI=1S/C20H29F3N2O4S/c1-5-6-7-8-9-14-30(28,25-17(26)20(21,22)23)16-12-10-15(11-13-16)24-18(27)29-19(2,3)4/h10-13H,5-9,14H2,1-4H3,(H,24,27). The van der Waals surface area contributed by atoms with Crippen LogP contribution in [0.1, 0.15) is 59.8 Å². The molecule has 0 saturated heterocycles. The zero-order chi connectivity index (χ0) is 23.0. The van der Waals surface area contributed by atoms with Crippen LogP contribution in [0.4, 0.5) is 23.7 Å². The molecule has 1 aromatic carbocycles. The summed E-state index contributed by atoms with van der Waals surface area (Å²) >= 11 is 0. The molecule has 1 atom stereocenters. The molecule has 6 nitrogen and oxygen atoms in total. The van der Waals surface area contributed by atoms with Crippen LogP contribution in [0, 0.1) is 0 Å². The summed E-state index contributed by atoms with van der Waals surface area (Å²) in [4.78, 5) is 23.2. The maximum Gasteiger partial charge on any atom is 0.474 e. The van der Waals surface area contributed by atoms with Crippen molar-refractivity contribution in [2.45, 2.75) is 76.5 Å². The van der Waals surface area contributed by atoms with Crippen LogP contribution in [0.2, 0.25) is 0 Å². The Hall–Kier alpha value is -2.10. The Balaban J connectivity index is 3.06. The number of hydrogen-bond acceptors (Lipinski definition) is 4. The van der Waals surface area contributed by atoms with Gasteiger partial charge in [-0.05, 0) is 51.5 Å². The van der Waals surface area contributed by atoms with Gasteiger partial charge in [0, 0.05) is 16.3 Å². The van der Waals surface area contributed by atoms with Crippen LogP contribution in [-0.4, -0.2) is 33.7 Å². The number of nitrogens with zero attached hydrogens (tertiary/aromatic N) is 1. The van der Waals surface area contributed by atoms with Gasteiger partial charge in [0.1, 0.15) is 5.60 Å². The lowest BCUT2D eigenvalue weighted by atomic mass is 10.2. The van der Waals surface area contributed by atoms with Gasteiger partial charge in [-0.2, -0.15) is 13.2 Å². The van der Waals surface area contributed by atoms with Gasteiger partial charge in [-0.15, -0.1) is 4.36 Å². The number of unbranched alkanes of at least 4 members (excludes halogenated alkanes) is 4. The van der Waals surface area contributed by atoms with E-state index < -0.39 is 33.5 Å². The molecule has 0 fully saturated rings. The summed E-state index contributed by atoms with van der Waals surface area (Å²) in [5.74, 6) is -2.52. The van der Waals surface area contributed by atoms with E-state index in [4.69, 9.17) is 4.74 Å². The number of amides is 2. The Kier molecular flexibility index (Phi) is 9.33. The Bertz CT molecular complexity index is 837. The minimum atomic E-state index is -5.19. The summed E-state index contributed by atoms with van der Waals surface area (Å²) in [6, 6.07) is 5.36. The predicted molar refractivity (Wildman–Crippen MR) is 110 cm³/mol. The van der Waals surface area contributed by atoms with E-state index in [2.05, 4.69) is 9.68 Å². The second kappa shape index (κ2) is 10.8. The van der Waals surface area contributed by atoms with Crippen molar-refractivity contribution >= 4 is 27.4 Å². The van der Waals surface area contributed by atoms with Crippen molar-refractivity contribution in [1.29, 1.82) is 0 Å². The highest BCUT2D eigenvalue weighted by Crippen LogP contribution is 2.24. The third-order valence-electron chi connectivity index (χ3n) is 3.87. The first kappa shape index (κ1) is 25.9. The van der Waals surface area contributed by atoms with Gasteiger partial charge >= 0.3 is 18.2 Å². The fraction of sp³-hybridized carbons (Fsp3) is 0.600. The smallest absolute Gasteiger partial charge is 0.444 e. The lowest BCUT2D eigenvalue weighted by Gasteiger charge is -2.19. The van der Waals surface area contributed by atoms with E-state index in [-0.39, 0.29) is 10.6 Å². The first-order valence-electron chi connectivity index (χ1n) is 9.73. The van der Waals surface area contributed by atoms with Crippen molar-refractivity contribution < 1.29 is 31.7 Å². The van der Waals surface area contributed by atoms with Crippen molar-refractivity contribution in [3.63, 3.8) is 0 Å². The second-order valence-corrected chi connectivity index (χ2v) is 10.1. The number of carbonyl (C=O) groups is 2. The van der Waals surface area contributed by atoms with E-state index in [1.165, 1.54) is 24.3 Å². The van der Waals surface area contributed by atoms with Gasteiger partial charge in [-0.3, -0.25) is 10.1 Å². The number of carbonyl (C=O) groups excluding carboxylic acids is 2. The molecule has 1 rings (SSSR count). The fourth-order valence-electron chi connectivity index (χ4n) is 2.48. The second-order valence-electron chi connectivity index (χ2n) is 7.80. The molecule has 2 amide bonds. The highest BCUT2D eigenvalue weighted by molar-refractivity contribution is 7.94. The van der Waals surface area contributed by atoms with Gasteiger partial charge in [-0.1, -0.05) is 32.6 Å². The molecule has 0 radical (unpaired) electrons. The average molecular weight is 451 g/mol. The van der Waals surface area contributed by atoms with E-state index in [1.807, 2.05) is 6.92 Å². The minimum Gasteiger partial charge on any atom is -0.444 e. The molecule has 30 heavy (non-hydrogen) atoms.